The van der Waals surface area contributed by atoms with E-state index in [0.717, 1.165) is 18.8 Å². The van der Waals surface area contributed by atoms with Crippen LogP contribution in [0, 0.1) is 6.92 Å². The van der Waals surface area contributed by atoms with Crippen molar-refractivity contribution in [2.75, 3.05) is 13.2 Å². The first-order valence-corrected chi connectivity index (χ1v) is 6.78. The summed E-state index contributed by atoms with van der Waals surface area (Å²) in [4.78, 5) is 6.67. The van der Waals surface area contributed by atoms with Crippen LogP contribution in [0.5, 0.6) is 0 Å². The zero-order valence-corrected chi connectivity index (χ0v) is 12.0. The molecule has 2 atom stereocenters. The van der Waals surface area contributed by atoms with Crippen LogP contribution in [0.3, 0.4) is 0 Å². The molecule has 0 unspecified atom stereocenters. The van der Waals surface area contributed by atoms with Gasteiger partial charge in [-0.05, 0) is 19.9 Å². The van der Waals surface area contributed by atoms with Crippen LogP contribution in [0.1, 0.15) is 30.4 Å². The quantitative estimate of drug-likeness (QED) is 0.836. The number of ether oxygens (including phenoxy) is 1. The minimum atomic E-state index is -0.0140. The Morgan fingerprint density at radius 2 is 2.30 bits per heavy atom. The van der Waals surface area contributed by atoms with Crippen molar-refractivity contribution >= 4 is 0 Å². The van der Waals surface area contributed by atoms with Crippen LogP contribution in [-0.2, 0) is 18.3 Å². The second kappa shape index (κ2) is 5.34. The van der Waals surface area contributed by atoms with Crippen LogP contribution in [0.25, 0.3) is 0 Å². The summed E-state index contributed by atoms with van der Waals surface area (Å²) in [5.41, 5.74) is 1.15. The zero-order valence-electron chi connectivity index (χ0n) is 12.0. The molecule has 7 heteroatoms. The second-order valence-corrected chi connectivity index (χ2v) is 5.12. The summed E-state index contributed by atoms with van der Waals surface area (Å²) in [6.07, 6.45) is 1.84. The molecule has 0 bridgehead atoms. The maximum absolute atomic E-state index is 5.74. The smallest absolute Gasteiger partial charge is 0.246 e. The van der Waals surface area contributed by atoms with Gasteiger partial charge in [-0.1, -0.05) is 5.16 Å². The number of morpholine rings is 1. The third-order valence-corrected chi connectivity index (χ3v) is 3.68. The summed E-state index contributed by atoms with van der Waals surface area (Å²) in [7, 11) is 1.95. The number of hydrogen-bond donors (Lipinski definition) is 0. The normalized spacial score (nSPS) is 24.1. The molecule has 7 nitrogen and oxygen atoms in total. The first-order valence-electron chi connectivity index (χ1n) is 6.78. The van der Waals surface area contributed by atoms with Gasteiger partial charge in [0.2, 0.25) is 5.89 Å². The van der Waals surface area contributed by atoms with Gasteiger partial charge in [-0.2, -0.15) is 10.1 Å². The molecule has 0 amide bonds. The Morgan fingerprint density at radius 1 is 1.45 bits per heavy atom. The van der Waals surface area contributed by atoms with E-state index in [1.165, 1.54) is 0 Å². The van der Waals surface area contributed by atoms with E-state index < -0.39 is 0 Å². The third kappa shape index (κ3) is 2.46. The van der Waals surface area contributed by atoms with E-state index in [0.29, 0.717) is 18.3 Å². The third-order valence-electron chi connectivity index (χ3n) is 3.68. The molecule has 2 aromatic rings. The van der Waals surface area contributed by atoms with Crippen molar-refractivity contribution in [2.24, 2.45) is 7.05 Å². The fourth-order valence-electron chi connectivity index (χ4n) is 2.62. The lowest BCUT2D eigenvalue weighted by molar-refractivity contribution is -0.0770. The summed E-state index contributed by atoms with van der Waals surface area (Å²) in [6, 6.07) is 2.01. The van der Waals surface area contributed by atoms with Crippen molar-refractivity contribution in [3.8, 4) is 0 Å². The van der Waals surface area contributed by atoms with Crippen molar-refractivity contribution in [2.45, 2.75) is 32.5 Å². The number of aryl methyl sites for hydroxylation is 2. The predicted octanol–water partition coefficient (Wildman–Crippen LogP) is 1.07. The van der Waals surface area contributed by atoms with E-state index in [1.807, 2.05) is 37.8 Å². The summed E-state index contributed by atoms with van der Waals surface area (Å²) < 4.78 is 13.0. The summed E-state index contributed by atoms with van der Waals surface area (Å²) in [5, 5.41) is 8.10. The van der Waals surface area contributed by atoms with Gasteiger partial charge < -0.3 is 9.26 Å². The molecule has 20 heavy (non-hydrogen) atoms. The first kappa shape index (κ1) is 13.3. The lowest BCUT2D eigenvalue weighted by Gasteiger charge is -2.37. The molecule has 0 saturated carbocycles. The molecule has 3 heterocycles. The van der Waals surface area contributed by atoms with Gasteiger partial charge in [-0.15, -0.1) is 0 Å². The molecule has 2 aromatic heterocycles. The van der Waals surface area contributed by atoms with E-state index in [2.05, 4.69) is 20.1 Å². The van der Waals surface area contributed by atoms with Crippen molar-refractivity contribution in [1.29, 1.82) is 0 Å². The number of aromatic nitrogens is 4. The highest BCUT2D eigenvalue weighted by molar-refractivity contribution is 5.04. The Hall–Kier alpha value is -1.73. The van der Waals surface area contributed by atoms with Gasteiger partial charge in [0.15, 0.2) is 5.82 Å². The molecule has 108 valence electrons. The average molecular weight is 277 g/mol. The van der Waals surface area contributed by atoms with Gasteiger partial charge in [0, 0.05) is 26.3 Å². The molecule has 0 aromatic carbocycles. The maximum Gasteiger partial charge on any atom is 0.246 e. The van der Waals surface area contributed by atoms with Gasteiger partial charge in [0.05, 0.1) is 18.4 Å². The Labute approximate surface area is 117 Å². The van der Waals surface area contributed by atoms with E-state index in [1.54, 1.807) is 0 Å². The van der Waals surface area contributed by atoms with Crippen LogP contribution in [0.15, 0.2) is 16.8 Å². The van der Waals surface area contributed by atoms with E-state index >= 15 is 0 Å². The van der Waals surface area contributed by atoms with Crippen molar-refractivity contribution in [3.63, 3.8) is 0 Å². The van der Waals surface area contributed by atoms with Crippen LogP contribution < -0.4 is 0 Å². The fraction of sp³-hybridized carbons (Fsp3) is 0.615. The highest BCUT2D eigenvalue weighted by Crippen LogP contribution is 2.29. The zero-order chi connectivity index (χ0) is 14.1. The van der Waals surface area contributed by atoms with Gasteiger partial charge in [-0.3, -0.25) is 9.58 Å². The molecule has 0 spiro atoms. The monoisotopic (exact) mass is 277 g/mol. The predicted molar refractivity (Wildman–Crippen MR) is 70.8 cm³/mol. The molecule has 0 radical (unpaired) electrons. The molecule has 1 saturated heterocycles. The largest absolute Gasteiger partial charge is 0.375 e. The van der Waals surface area contributed by atoms with Crippen molar-refractivity contribution in [3.05, 3.63) is 29.7 Å². The Balaban J connectivity index is 1.85. The fourth-order valence-corrected chi connectivity index (χ4v) is 2.62. The first-order chi connectivity index (χ1) is 9.65. The SMILES string of the molecule is Cc1noc([C@@H]2[C@@H](C)OCCN2Cc2ccnn2C)n1. The molecular weight excluding hydrogens is 258 g/mol. The Bertz CT molecular complexity index is 579. The topological polar surface area (TPSA) is 69.2 Å². The average Bonchev–Trinajstić information content (AvgIpc) is 3.00. The lowest BCUT2D eigenvalue weighted by Crippen LogP contribution is -2.44. The van der Waals surface area contributed by atoms with Gasteiger partial charge in [0.25, 0.3) is 0 Å². The number of nitrogens with zero attached hydrogens (tertiary/aromatic N) is 5. The van der Waals surface area contributed by atoms with Gasteiger partial charge in [-0.25, -0.2) is 0 Å². The van der Waals surface area contributed by atoms with E-state index in [9.17, 15) is 0 Å². The minimum absolute atomic E-state index is 0.0140. The summed E-state index contributed by atoms with van der Waals surface area (Å²) in [6.45, 7) is 6.20. The van der Waals surface area contributed by atoms with E-state index in [4.69, 9.17) is 9.26 Å². The maximum atomic E-state index is 5.74. The number of hydrogen-bond acceptors (Lipinski definition) is 6. The minimum Gasteiger partial charge on any atom is -0.375 e. The Kier molecular flexibility index (Phi) is 3.54. The molecule has 3 rings (SSSR count). The highest BCUT2D eigenvalue weighted by atomic mass is 16.5. The molecule has 1 aliphatic rings. The molecule has 1 fully saturated rings. The van der Waals surface area contributed by atoms with Crippen molar-refractivity contribution < 1.29 is 9.26 Å². The van der Waals surface area contributed by atoms with Crippen LogP contribution in [0.2, 0.25) is 0 Å². The molecule has 1 aliphatic heterocycles. The number of rotatable bonds is 3. The molecule has 0 aliphatic carbocycles. The highest BCUT2D eigenvalue weighted by Gasteiger charge is 2.35. The standard InChI is InChI=1S/C13H19N5O2/c1-9-12(13-15-10(2)16-20-13)18(6-7-19-9)8-11-4-5-14-17(11)3/h4-5,9,12H,6-8H2,1-3H3/t9-,12+/m1/s1. The van der Waals surface area contributed by atoms with Gasteiger partial charge >= 0.3 is 0 Å². The van der Waals surface area contributed by atoms with Crippen LogP contribution in [-0.4, -0.2) is 44.1 Å². The Morgan fingerprint density at radius 3 is 2.95 bits per heavy atom. The van der Waals surface area contributed by atoms with Crippen LogP contribution in [0.4, 0.5) is 0 Å². The lowest BCUT2D eigenvalue weighted by atomic mass is 10.1. The summed E-state index contributed by atoms with van der Waals surface area (Å²) in [5.74, 6) is 1.27. The van der Waals surface area contributed by atoms with Gasteiger partial charge in [0.1, 0.15) is 6.04 Å². The molecular formula is C13H19N5O2. The summed E-state index contributed by atoms with van der Waals surface area (Å²) >= 11 is 0. The molecule has 0 N–H and O–H groups in total. The van der Waals surface area contributed by atoms with E-state index in [-0.39, 0.29) is 12.1 Å². The van der Waals surface area contributed by atoms with Crippen molar-refractivity contribution in [1.82, 2.24) is 24.8 Å². The van der Waals surface area contributed by atoms with Crippen LogP contribution >= 0.6 is 0 Å². The second-order valence-electron chi connectivity index (χ2n) is 5.12.